The number of aliphatic hydroxyl groups excluding tert-OH is 1. The van der Waals surface area contributed by atoms with Gasteiger partial charge in [0.2, 0.25) is 0 Å². The zero-order chi connectivity index (χ0) is 13.2. The zero-order valence-corrected chi connectivity index (χ0v) is 11.3. The average molecular weight is 266 g/mol. The van der Waals surface area contributed by atoms with Gasteiger partial charge < -0.3 is 5.11 Å². The van der Waals surface area contributed by atoms with Gasteiger partial charge in [-0.25, -0.2) is 8.42 Å². The Kier molecular flexibility index (Phi) is 3.88. The molecule has 2 rings (SSSR count). The molecule has 1 unspecified atom stereocenters. The van der Waals surface area contributed by atoms with Crippen LogP contribution in [0.25, 0.3) is 0 Å². The Morgan fingerprint density at radius 1 is 1.28 bits per heavy atom. The highest BCUT2D eigenvalue weighted by Crippen LogP contribution is 2.30. The average Bonchev–Trinajstić information content (AvgIpc) is 2.38. The number of aliphatic hydroxyl groups is 1. The summed E-state index contributed by atoms with van der Waals surface area (Å²) in [4.78, 5) is 0.260. The number of sulfone groups is 1. The summed E-state index contributed by atoms with van der Waals surface area (Å²) in [6.07, 6.45) is 6.73. The van der Waals surface area contributed by atoms with Crippen molar-refractivity contribution >= 4 is 9.84 Å². The highest BCUT2D eigenvalue weighted by molar-refractivity contribution is 7.90. The van der Waals surface area contributed by atoms with Gasteiger partial charge in [-0.15, -0.1) is 0 Å². The minimum atomic E-state index is -3.22. The molecule has 1 aromatic carbocycles. The van der Waals surface area contributed by atoms with Gasteiger partial charge in [-0.05, 0) is 49.0 Å². The summed E-state index contributed by atoms with van der Waals surface area (Å²) in [5, 5.41) is 10.3. The van der Waals surface area contributed by atoms with Gasteiger partial charge in [-0.1, -0.05) is 18.2 Å². The lowest BCUT2D eigenvalue weighted by Gasteiger charge is -2.19. The van der Waals surface area contributed by atoms with Crippen LogP contribution in [-0.4, -0.2) is 19.8 Å². The molecule has 3 nitrogen and oxygen atoms in total. The minimum Gasteiger partial charge on any atom is -0.384 e. The van der Waals surface area contributed by atoms with Crippen molar-refractivity contribution in [2.45, 2.75) is 36.7 Å². The lowest BCUT2D eigenvalue weighted by Crippen LogP contribution is -2.06. The first-order valence-corrected chi connectivity index (χ1v) is 8.04. The summed E-state index contributed by atoms with van der Waals surface area (Å²) >= 11 is 0. The van der Waals surface area contributed by atoms with Crippen LogP contribution in [0.5, 0.6) is 0 Å². The monoisotopic (exact) mass is 266 g/mol. The van der Waals surface area contributed by atoms with E-state index in [1.165, 1.54) is 12.7 Å². The third-order valence-electron chi connectivity index (χ3n) is 3.28. The van der Waals surface area contributed by atoms with E-state index in [2.05, 4.69) is 6.08 Å². The second-order valence-electron chi connectivity index (χ2n) is 4.77. The molecule has 1 aromatic rings. The molecule has 1 aliphatic carbocycles. The summed E-state index contributed by atoms with van der Waals surface area (Å²) in [6, 6.07) is 6.57. The number of rotatable bonds is 3. The van der Waals surface area contributed by atoms with Gasteiger partial charge in [0.05, 0.1) is 4.90 Å². The predicted octanol–water partition coefficient (Wildman–Crippen LogP) is 2.62. The highest BCUT2D eigenvalue weighted by Gasteiger charge is 2.17. The van der Waals surface area contributed by atoms with Crippen LogP contribution in [0.15, 0.2) is 40.8 Å². The molecule has 0 aromatic heterocycles. The molecule has 98 valence electrons. The van der Waals surface area contributed by atoms with Crippen LogP contribution in [-0.2, 0) is 9.84 Å². The van der Waals surface area contributed by atoms with E-state index in [0.717, 1.165) is 24.8 Å². The fraction of sp³-hybridized carbons (Fsp3) is 0.429. The van der Waals surface area contributed by atoms with Crippen LogP contribution in [0.4, 0.5) is 0 Å². The van der Waals surface area contributed by atoms with E-state index in [1.807, 2.05) is 0 Å². The number of benzene rings is 1. The van der Waals surface area contributed by atoms with Crippen LogP contribution in [0.1, 0.15) is 37.4 Å². The number of allylic oxidation sites excluding steroid dienone is 1. The second-order valence-corrected chi connectivity index (χ2v) is 6.79. The molecule has 1 aliphatic rings. The van der Waals surface area contributed by atoms with Crippen molar-refractivity contribution in [3.8, 4) is 0 Å². The van der Waals surface area contributed by atoms with Crippen LogP contribution in [0, 0.1) is 0 Å². The quantitative estimate of drug-likeness (QED) is 0.856. The van der Waals surface area contributed by atoms with Crippen LogP contribution >= 0.6 is 0 Å². The van der Waals surface area contributed by atoms with Crippen LogP contribution < -0.4 is 0 Å². The third-order valence-corrected chi connectivity index (χ3v) is 4.39. The SMILES string of the molecule is CS(=O)(=O)c1cccc(C(O)C2=CCCCC2)c1. The van der Waals surface area contributed by atoms with E-state index < -0.39 is 15.9 Å². The molecule has 0 amide bonds. The molecule has 0 heterocycles. The van der Waals surface area contributed by atoms with Gasteiger partial charge in [-0.3, -0.25) is 0 Å². The van der Waals surface area contributed by atoms with Crippen LogP contribution in [0.3, 0.4) is 0 Å². The predicted molar refractivity (Wildman–Crippen MR) is 71.1 cm³/mol. The lowest BCUT2D eigenvalue weighted by molar-refractivity contribution is 0.208. The Bertz CT molecular complexity index is 558. The summed E-state index contributed by atoms with van der Waals surface area (Å²) in [6.45, 7) is 0. The first-order chi connectivity index (χ1) is 8.48. The Labute approximate surface area is 108 Å². The van der Waals surface area contributed by atoms with Crippen molar-refractivity contribution < 1.29 is 13.5 Å². The summed E-state index contributed by atoms with van der Waals surface area (Å²) in [7, 11) is -3.22. The zero-order valence-electron chi connectivity index (χ0n) is 10.5. The van der Waals surface area contributed by atoms with Crippen molar-refractivity contribution in [2.75, 3.05) is 6.26 Å². The van der Waals surface area contributed by atoms with E-state index in [4.69, 9.17) is 0 Å². The molecule has 0 spiro atoms. The van der Waals surface area contributed by atoms with Gasteiger partial charge in [-0.2, -0.15) is 0 Å². The van der Waals surface area contributed by atoms with Gasteiger partial charge >= 0.3 is 0 Å². The largest absolute Gasteiger partial charge is 0.384 e. The smallest absolute Gasteiger partial charge is 0.175 e. The molecule has 0 bridgehead atoms. The van der Waals surface area contributed by atoms with Crippen molar-refractivity contribution in [1.29, 1.82) is 0 Å². The van der Waals surface area contributed by atoms with E-state index in [-0.39, 0.29) is 4.90 Å². The standard InChI is InChI=1S/C14H18O3S/c1-18(16,17)13-9-5-8-12(10-13)14(15)11-6-3-2-4-7-11/h5-6,8-10,14-15H,2-4,7H2,1H3. The highest BCUT2D eigenvalue weighted by atomic mass is 32.2. The fourth-order valence-corrected chi connectivity index (χ4v) is 2.92. The van der Waals surface area contributed by atoms with Gasteiger partial charge in [0.25, 0.3) is 0 Å². The molecule has 0 fully saturated rings. The molecule has 0 saturated heterocycles. The van der Waals surface area contributed by atoms with Gasteiger partial charge in [0, 0.05) is 6.26 Å². The normalized spacial score (nSPS) is 18.2. The van der Waals surface area contributed by atoms with E-state index in [1.54, 1.807) is 24.3 Å². The van der Waals surface area contributed by atoms with Crippen molar-refractivity contribution in [3.05, 3.63) is 41.5 Å². The Balaban J connectivity index is 2.31. The summed E-state index contributed by atoms with van der Waals surface area (Å²) < 4.78 is 23.0. The summed E-state index contributed by atoms with van der Waals surface area (Å²) in [5.74, 6) is 0. The molecule has 0 saturated carbocycles. The first-order valence-electron chi connectivity index (χ1n) is 6.15. The minimum absolute atomic E-state index is 0.260. The lowest BCUT2D eigenvalue weighted by atomic mass is 9.92. The first kappa shape index (κ1) is 13.3. The van der Waals surface area contributed by atoms with Crippen LogP contribution in [0.2, 0.25) is 0 Å². The maximum absolute atomic E-state index is 11.5. The Hall–Kier alpha value is -1.13. The number of hydrogen-bond donors (Lipinski definition) is 1. The molecule has 0 aliphatic heterocycles. The molecule has 4 heteroatoms. The maximum Gasteiger partial charge on any atom is 0.175 e. The maximum atomic E-state index is 11.5. The molecule has 18 heavy (non-hydrogen) atoms. The van der Waals surface area contributed by atoms with E-state index in [9.17, 15) is 13.5 Å². The Morgan fingerprint density at radius 3 is 2.67 bits per heavy atom. The second kappa shape index (κ2) is 5.24. The molecule has 1 N–H and O–H groups in total. The Morgan fingerprint density at radius 2 is 2.06 bits per heavy atom. The molecular formula is C14H18O3S. The fourth-order valence-electron chi connectivity index (χ4n) is 2.24. The summed E-state index contributed by atoms with van der Waals surface area (Å²) in [5.41, 5.74) is 1.66. The van der Waals surface area contributed by atoms with E-state index >= 15 is 0 Å². The molecule has 1 atom stereocenters. The number of hydrogen-bond acceptors (Lipinski definition) is 3. The molecule has 0 radical (unpaired) electrons. The van der Waals surface area contributed by atoms with E-state index in [0.29, 0.717) is 5.56 Å². The van der Waals surface area contributed by atoms with Crippen molar-refractivity contribution in [3.63, 3.8) is 0 Å². The third kappa shape index (κ3) is 3.00. The molecular weight excluding hydrogens is 248 g/mol. The van der Waals surface area contributed by atoms with Crippen molar-refractivity contribution in [2.24, 2.45) is 0 Å². The van der Waals surface area contributed by atoms with Gasteiger partial charge in [0.1, 0.15) is 6.10 Å². The van der Waals surface area contributed by atoms with Gasteiger partial charge in [0.15, 0.2) is 9.84 Å². The topological polar surface area (TPSA) is 54.4 Å². The van der Waals surface area contributed by atoms with Crippen molar-refractivity contribution in [1.82, 2.24) is 0 Å².